The Morgan fingerprint density at radius 1 is 1.41 bits per heavy atom. The number of hydrogen-bond acceptors (Lipinski definition) is 3. The summed E-state index contributed by atoms with van der Waals surface area (Å²) >= 11 is 3.41. The summed E-state index contributed by atoms with van der Waals surface area (Å²) in [4.78, 5) is 0. The molecule has 90 valence electrons. The lowest BCUT2D eigenvalue weighted by Crippen LogP contribution is -2.30. The third kappa shape index (κ3) is 3.45. The molecule has 0 bridgehead atoms. The van der Waals surface area contributed by atoms with Gasteiger partial charge < -0.3 is 10.6 Å². The van der Waals surface area contributed by atoms with E-state index in [1.807, 2.05) is 18.2 Å². The fraction of sp³-hybridized carbons (Fsp3) is 0.462. The summed E-state index contributed by atoms with van der Waals surface area (Å²) in [5.41, 5.74) is 1.75. The summed E-state index contributed by atoms with van der Waals surface area (Å²) in [6.45, 7) is 2.13. The summed E-state index contributed by atoms with van der Waals surface area (Å²) < 4.78 is 0.853. The molecule has 0 spiro atoms. The van der Waals surface area contributed by atoms with E-state index < -0.39 is 0 Å². The fourth-order valence-corrected chi connectivity index (χ4v) is 2.54. The van der Waals surface area contributed by atoms with Crippen molar-refractivity contribution < 1.29 is 0 Å². The lowest BCUT2D eigenvalue weighted by atomic mass is 10.1. The molecule has 1 aromatic carbocycles. The molecule has 0 aromatic heterocycles. The molecule has 1 fully saturated rings. The first-order valence-corrected chi connectivity index (χ1v) is 6.76. The highest BCUT2D eigenvalue weighted by atomic mass is 79.9. The van der Waals surface area contributed by atoms with Crippen LogP contribution in [0.2, 0.25) is 0 Å². The van der Waals surface area contributed by atoms with Crippen LogP contribution < -0.4 is 10.6 Å². The topological polar surface area (TPSA) is 47.9 Å². The van der Waals surface area contributed by atoms with Crippen LogP contribution in [0, 0.1) is 11.3 Å². The van der Waals surface area contributed by atoms with Crippen LogP contribution in [0.4, 0.5) is 5.69 Å². The molecule has 1 aliphatic rings. The van der Waals surface area contributed by atoms with Crippen molar-refractivity contribution >= 4 is 21.6 Å². The van der Waals surface area contributed by atoms with Crippen molar-refractivity contribution in [2.75, 3.05) is 18.4 Å². The second-order valence-corrected chi connectivity index (χ2v) is 5.20. The molecule has 0 saturated carbocycles. The third-order valence-electron chi connectivity index (χ3n) is 3.01. The molecule has 0 aliphatic carbocycles. The largest absolute Gasteiger partial charge is 0.381 e. The number of nitriles is 1. The van der Waals surface area contributed by atoms with Crippen LogP contribution >= 0.6 is 15.9 Å². The van der Waals surface area contributed by atoms with E-state index in [0.717, 1.165) is 23.2 Å². The molecule has 1 atom stereocenters. The maximum absolute atomic E-state index is 8.86. The van der Waals surface area contributed by atoms with Crippen LogP contribution in [0.15, 0.2) is 22.7 Å². The van der Waals surface area contributed by atoms with Gasteiger partial charge in [0.2, 0.25) is 0 Å². The molecule has 0 amide bonds. The average molecular weight is 294 g/mol. The fourth-order valence-electron chi connectivity index (χ4n) is 2.07. The van der Waals surface area contributed by atoms with Gasteiger partial charge in [-0.05, 0) is 53.5 Å². The van der Waals surface area contributed by atoms with E-state index in [1.165, 1.54) is 19.3 Å². The number of nitrogens with one attached hydrogen (secondary N) is 2. The smallest absolute Gasteiger partial charge is 0.100 e. The van der Waals surface area contributed by atoms with Crippen molar-refractivity contribution in [3.63, 3.8) is 0 Å². The molecule has 4 heteroatoms. The van der Waals surface area contributed by atoms with Gasteiger partial charge in [0.05, 0.1) is 5.56 Å². The summed E-state index contributed by atoms with van der Waals surface area (Å²) in [5, 5.41) is 15.8. The highest BCUT2D eigenvalue weighted by Gasteiger charge is 2.11. The molecular weight excluding hydrogens is 278 g/mol. The summed E-state index contributed by atoms with van der Waals surface area (Å²) in [6, 6.07) is 8.42. The van der Waals surface area contributed by atoms with E-state index in [9.17, 15) is 0 Å². The van der Waals surface area contributed by atoms with Crippen LogP contribution in [0.25, 0.3) is 0 Å². The molecule has 1 unspecified atom stereocenters. The van der Waals surface area contributed by atoms with E-state index in [4.69, 9.17) is 5.26 Å². The third-order valence-corrected chi connectivity index (χ3v) is 3.66. The zero-order valence-corrected chi connectivity index (χ0v) is 11.3. The summed E-state index contributed by atoms with van der Waals surface area (Å²) in [6.07, 6.45) is 3.72. The van der Waals surface area contributed by atoms with Gasteiger partial charge >= 0.3 is 0 Å². The van der Waals surface area contributed by atoms with Crippen molar-refractivity contribution in [2.24, 2.45) is 0 Å². The zero-order chi connectivity index (χ0) is 12.1. The Hall–Kier alpha value is -1.05. The highest BCUT2D eigenvalue weighted by molar-refractivity contribution is 9.10. The van der Waals surface area contributed by atoms with Crippen LogP contribution in [0.1, 0.15) is 24.8 Å². The van der Waals surface area contributed by atoms with Gasteiger partial charge in [0.25, 0.3) is 0 Å². The van der Waals surface area contributed by atoms with Crippen LogP contribution in [0.5, 0.6) is 0 Å². The maximum atomic E-state index is 8.86. The van der Waals surface area contributed by atoms with Crippen LogP contribution in [-0.2, 0) is 0 Å². The number of hydrogen-bond donors (Lipinski definition) is 2. The van der Waals surface area contributed by atoms with Gasteiger partial charge in [-0.1, -0.05) is 6.42 Å². The minimum Gasteiger partial charge on any atom is -0.381 e. The number of nitrogens with zero attached hydrogens (tertiary/aromatic N) is 1. The van der Waals surface area contributed by atoms with E-state index in [0.29, 0.717) is 11.6 Å². The summed E-state index contributed by atoms with van der Waals surface area (Å²) in [7, 11) is 0. The number of anilines is 1. The Kier molecular flexibility index (Phi) is 4.41. The first-order valence-electron chi connectivity index (χ1n) is 5.96. The van der Waals surface area contributed by atoms with Crippen LogP contribution in [-0.4, -0.2) is 19.1 Å². The van der Waals surface area contributed by atoms with Gasteiger partial charge in [0.15, 0.2) is 0 Å². The minimum absolute atomic E-state index is 0.484. The zero-order valence-electron chi connectivity index (χ0n) is 9.67. The van der Waals surface area contributed by atoms with Crippen molar-refractivity contribution in [3.05, 3.63) is 28.2 Å². The van der Waals surface area contributed by atoms with E-state index in [2.05, 4.69) is 32.6 Å². The number of rotatable bonds is 2. The SMILES string of the molecule is N#Cc1ccc(NC2CCCCNC2)cc1Br. The Balaban J connectivity index is 2.03. The monoisotopic (exact) mass is 293 g/mol. The Morgan fingerprint density at radius 3 is 3.06 bits per heavy atom. The average Bonchev–Trinajstić information content (AvgIpc) is 2.58. The first kappa shape index (κ1) is 12.4. The quantitative estimate of drug-likeness (QED) is 0.881. The highest BCUT2D eigenvalue weighted by Crippen LogP contribution is 2.22. The standard InChI is InChI=1S/C13H16BrN3/c14-13-7-11(5-4-10(13)8-15)17-12-3-1-2-6-16-9-12/h4-5,7,12,16-17H,1-3,6,9H2. The second kappa shape index (κ2) is 6.04. The molecule has 2 rings (SSSR count). The maximum Gasteiger partial charge on any atom is 0.100 e. The Morgan fingerprint density at radius 2 is 2.29 bits per heavy atom. The Bertz CT molecular complexity index is 417. The van der Waals surface area contributed by atoms with Gasteiger partial charge in [-0.25, -0.2) is 0 Å². The molecule has 3 nitrogen and oxygen atoms in total. The lowest BCUT2D eigenvalue weighted by molar-refractivity contribution is 0.636. The van der Waals surface area contributed by atoms with Gasteiger partial charge in [0, 0.05) is 22.7 Å². The molecule has 2 N–H and O–H groups in total. The molecule has 1 saturated heterocycles. The molecule has 0 radical (unpaired) electrons. The molecular formula is C13H16BrN3. The van der Waals surface area contributed by atoms with Crippen LogP contribution in [0.3, 0.4) is 0 Å². The summed E-state index contributed by atoms with van der Waals surface area (Å²) in [5.74, 6) is 0. The van der Waals surface area contributed by atoms with Gasteiger partial charge in [0.1, 0.15) is 6.07 Å². The molecule has 1 aliphatic heterocycles. The Labute approximate surface area is 110 Å². The molecule has 1 heterocycles. The predicted molar refractivity (Wildman–Crippen MR) is 73.0 cm³/mol. The van der Waals surface area contributed by atoms with Gasteiger partial charge in [-0.3, -0.25) is 0 Å². The second-order valence-electron chi connectivity index (χ2n) is 4.35. The number of benzene rings is 1. The van der Waals surface area contributed by atoms with Crippen molar-refractivity contribution in [3.8, 4) is 6.07 Å². The minimum atomic E-state index is 0.484. The van der Waals surface area contributed by atoms with E-state index in [1.54, 1.807) is 0 Å². The normalized spacial score (nSPS) is 20.4. The van der Waals surface area contributed by atoms with E-state index >= 15 is 0 Å². The lowest BCUT2D eigenvalue weighted by Gasteiger charge is -2.18. The van der Waals surface area contributed by atoms with Crippen molar-refractivity contribution in [2.45, 2.75) is 25.3 Å². The van der Waals surface area contributed by atoms with Crippen molar-refractivity contribution in [1.82, 2.24) is 5.32 Å². The van der Waals surface area contributed by atoms with Crippen molar-refractivity contribution in [1.29, 1.82) is 5.26 Å². The van der Waals surface area contributed by atoms with Gasteiger partial charge in [-0.2, -0.15) is 5.26 Å². The number of halogens is 1. The first-order chi connectivity index (χ1) is 8.29. The molecule has 17 heavy (non-hydrogen) atoms. The van der Waals surface area contributed by atoms with Gasteiger partial charge in [-0.15, -0.1) is 0 Å². The molecule has 1 aromatic rings. The predicted octanol–water partition coefficient (Wildman–Crippen LogP) is 2.87. The van der Waals surface area contributed by atoms with E-state index in [-0.39, 0.29) is 0 Å².